The van der Waals surface area contributed by atoms with Crippen LogP contribution in [0.15, 0.2) is 9.59 Å². The summed E-state index contributed by atoms with van der Waals surface area (Å²) in [6.07, 6.45) is 0.852. The Hall–Kier alpha value is -1.89. The molecule has 2 rings (SSSR count). The van der Waals surface area contributed by atoms with Crippen LogP contribution >= 0.6 is 0 Å². The van der Waals surface area contributed by atoms with Crippen LogP contribution < -0.4 is 11.2 Å². The Kier molecular flexibility index (Phi) is 5.18. The number of hydrogen-bond acceptors (Lipinski definition) is 4. The number of rotatable bonds is 7. The van der Waals surface area contributed by atoms with E-state index in [1.54, 1.807) is 11.5 Å². The summed E-state index contributed by atoms with van der Waals surface area (Å²) in [6.45, 7) is 9.56. The van der Waals surface area contributed by atoms with Crippen molar-refractivity contribution in [2.45, 2.75) is 47.2 Å². The van der Waals surface area contributed by atoms with Gasteiger partial charge in [0.05, 0.1) is 13.2 Å². The Morgan fingerprint density at radius 2 is 1.95 bits per heavy atom. The molecule has 0 aliphatic carbocycles. The number of hydrogen-bond donors (Lipinski definition) is 1. The highest BCUT2D eigenvalue weighted by molar-refractivity contribution is 5.69. The van der Waals surface area contributed by atoms with Gasteiger partial charge in [-0.1, -0.05) is 13.8 Å². The molecule has 0 aromatic carbocycles. The topological polar surface area (TPSA) is 81.9 Å². The zero-order valence-electron chi connectivity index (χ0n) is 13.7. The van der Waals surface area contributed by atoms with Crippen LogP contribution in [0.2, 0.25) is 0 Å². The molecule has 0 aliphatic heterocycles. The Morgan fingerprint density at radius 1 is 1.23 bits per heavy atom. The van der Waals surface area contributed by atoms with E-state index in [1.807, 2.05) is 6.92 Å². The summed E-state index contributed by atoms with van der Waals surface area (Å²) in [5, 5.41) is 0. The van der Waals surface area contributed by atoms with Gasteiger partial charge in [-0.15, -0.1) is 0 Å². The Labute approximate surface area is 128 Å². The first-order valence-corrected chi connectivity index (χ1v) is 7.73. The van der Waals surface area contributed by atoms with E-state index in [-0.39, 0.29) is 17.8 Å². The first-order valence-electron chi connectivity index (χ1n) is 7.73. The summed E-state index contributed by atoms with van der Waals surface area (Å²) >= 11 is 0. The minimum Gasteiger partial charge on any atom is -0.380 e. The van der Waals surface area contributed by atoms with Crippen LogP contribution in [-0.4, -0.2) is 32.3 Å². The fraction of sp³-hybridized carbons (Fsp3) is 0.667. The minimum atomic E-state index is -0.332. The first-order chi connectivity index (χ1) is 10.5. The van der Waals surface area contributed by atoms with Gasteiger partial charge in [-0.3, -0.25) is 13.9 Å². The smallest absolute Gasteiger partial charge is 0.332 e. The lowest BCUT2D eigenvalue weighted by atomic mass is 10.1. The lowest BCUT2D eigenvalue weighted by Gasteiger charge is -2.12. The van der Waals surface area contributed by atoms with Gasteiger partial charge in [0, 0.05) is 13.2 Å². The van der Waals surface area contributed by atoms with E-state index < -0.39 is 0 Å². The zero-order chi connectivity index (χ0) is 16.3. The van der Waals surface area contributed by atoms with Gasteiger partial charge in [-0.2, -0.15) is 0 Å². The van der Waals surface area contributed by atoms with Gasteiger partial charge < -0.3 is 9.72 Å². The highest BCUT2D eigenvalue weighted by Gasteiger charge is 2.16. The van der Waals surface area contributed by atoms with Crippen LogP contribution in [0.25, 0.3) is 11.2 Å². The van der Waals surface area contributed by atoms with E-state index >= 15 is 0 Å². The second-order valence-electron chi connectivity index (χ2n) is 5.79. The fourth-order valence-corrected chi connectivity index (χ4v) is 2.37. The molecule has 0 saturated carbocycles. The highest BCUT2D eigenvalue weighted by atomic mass is 16.5. The molecule has 0 saturated heterocycles. The van der Waals surface area contributed by atoms with Gasteiger partial charge in [0.2, 0.25) is 0 Å². The molecule has 22 heavy (non-hydrogen) atoms. The quantitative estimate of drug-likeness (QED) is 0.781. The standard InChI is InChI=1S/C15H24N4O3/c1-5-22-9-8-19-14(20)12-13(17-11(4)16-12)18(15(19)21)7-6-10(2)3/h10H,5-9H2,1-4H3,(H,16,17). The minimum absolute atomic E-state index is 0.251. The van der Waals surface area contributed by atoms with E-state index in [2.05, 4.69) is 23.8 Å². The van der Waals surface area contributed by atoms with Crippen molar-refractivity contribution in [3.63, 3.8) is 0 Å². The average molecular weight is 308 g/mol. The fourth-order valence-electron chi connectivity index (χ4n) is 2.37. The molecule has 0 atom stereocenters. The van der Waals surface area contributed by atoms with E-state index in [1.165, 1.54) is 4.57 Å². The van der Waals surface area contributed by atoms with E-state index in [0.29, 0.717) is 42.7 Å². The Bertz CT molecular complexity index is 754. The second-order valence-corrected chi connectivity index (χ2v) is 5.79. The number of nitrogens with one attached hydrogen (secondary N) is 1. The molecule has 1 N–H and O–H groups in total. The SMILES string of the molecule is CCOCCn1c(=O)c2[nH]c(C)nc2n(CCC(C)C)c1=O. The van der Waals surface area contributed by atoms with Gasteiger partial charge in [0.25, 0.3) is 5.56 Å². The summed E-state index contributed by atoms with van der Waals surface area (Å²) in [7, 11) is 0. The molecule has 7 heteroatoms. The molecular formula is C15H24N4O3. The van der Waals surface area contributed by atoms with Crippen LogP contribution in [-0.2, 0) is 17.8 Å². The maximum atomic E-state index is 12.6. The van der Waals surface area contributed by atoms with Crippen LogP contribution in [0.4, 0.5) is 0 Å². The zero-order valence-corrected chi connectivity index (χ0v) is 13.7. The summed E-state index contributed by atoms with van der Waals surface area (Å²) in [6, 6.07) is 0. The molecule has 0 aliphatic rings. The third-order valence-corrected chi connectivity index (χ3v) is 3.57. The number of imidazole rings is 1. The predicted octanol–water partition coefficient (Wildman–Crippen LogP) is 1.28. The van der Waals surface area contributed by atoms with Crippen molar-refractivity contribution in [3.05, 3.63) is 26.7 Å². The third kappa shape index (κ3) is 3.30. The largest absolute Gasteiger partial charge is 0.380 e. The monoisotopic (exact) mass is 308 g/mol. The van der Waals surface area contributed by atoms with Gasteiger partial charge in [-0.25, -0.2) is 9.78 Å². The third-order valence-electron chi connectivity index (χ3n) is 3.57. The number of aryl methyl sites for hydroxylation is 2. The molecule has 0 fully saturated rings. The van der Waals surface area contributed by atoms with Crippen LogP contribution in [0.3, 0.4) is 0 Å². The molecule has 2 aromatic heterocycles. The van der Waals surface area contributed by atoms with E-state index in [9.17, 15) is 9.59 Å². The summed E-state index contributed by atoms with van der Waals surface area (Å²) in [4.78, 5) is 32.4. The van der Waals surface area contributed by atoms with Crippen molar-refractivity contribution < 1.29 is 4.74 Å². The average Bonchev–Trinajstić information content (AvgIpc) is 2.84. The van der Waals surface area contributed by atoms with Gasteiger partial charge in [-0.05, 0) is 26.2 Å². The maximum absolute atomic E-state index is 12.6. The Balaban J connectivity index is 2.54. The number of aromatic nitrogens is 4. The van der Waals surface area contributed by atoms with Crippen molar-refractivity contribution in [2.24, 2.45) is 5.92 Å². The van der Waals surface area contributed by atoms with Crippen molar-refractivity contribution in [1.29, 1.82) is 0 Å². The molecule has 0 spiro atoms. The van der Waals surface area contributed by atoms with Gasteiger partial charge in [0.15, 0.2) is 5.65 Å². The molecule has 7 nitrogen and oxygen atoms in total. The maximum Gasteiger partial charge on any atom is 0.332 e. The summed E-state index contributed by atoms with van der Waals surface area (Å²) in [5.41, 5.74) is 0.184. The second kappa shape index (κ2) is 6.91. The molecule has 0 radical (unpaired) electrons. The summed E-state index contributed by atoms with van der Waals surface area (Å²) < 4.78 is 8.09. The normalized spacial score (nSPS) is 11.7. The molecule has 2 aromatic rings. The number of nitrogens with zero attached hydrogens (tertiary/aromatic N) is 3. The number of aromatic amines is 1. The van der Waals surface area contributed by atoms with E-state index in [4.69, 9.17) is 4.74 Å². The predicted molar refractivity (Wildman–Crippen MR) is 85.3 cm³/mol. The van der Waals surface area contributed by atoms with Crippen LogP contribution in [0, 0.1) is 12.8 Å². The molecular weight excluding hydrogens is 284 g/mol. The van der Waals surface area contributed by atoms with Crippen molar-refractivity contribution in [2.75, 3.05) is 13.2 Å². The number of fused-ring (bicyclic) bond motifs is 1. The van der Waals surface area contributed by atoms with E-state index in [0.717, 1.165) is 6.42 Å². The lowest BCUT2D eigenvalue weighted by molar-refractivity contribution is 0.137. The Morgan fingerprint density at radius 3 is 2.59 bits per heavy atom. The molecule has 0 amide bonds. The van der Waals surface area contributed by atoms with Crippen molar-refractivity contribution >= 4 is 11.2 Å². The molecule has 2 heterocycles. The van der Waals surface area contributed by atoms with Crippen molar-refractivity contribution in [1.82, 2.24) is 19.1 Å². The first kappa shape index (κ1) is 16.5. The van der Waals surface area contributed by atoms with Crippen LogP contribution in [0.5, 0.6) is 0 Å². The van der Waals surface area contributed by atoms with Crippen molar-refractivity contribution in [3.8, 4) is 0 Å². The molecule has 122 valence electrons. The number of ether oxygens (including phenoxy) is 1. The summed E-state index contributed by atoms with van der Waals surface area (Å²) in [5.74, 6) is 1.10. The molecule has 0 unspecified atom stereocenters. The number of H-pyrrole nitrogens is 1. The highest BCUT2D eigenvalue weighted by Crippen LogP contribution is 2.08. The van der Waals surface area contributed by atoms with Gasteiger partial charge in [0.1, 0.15) is 11.3 Å². The lowest BCUT2D eigenvalue weighted by Crippen LogP contribution is -2.41. The van der Waals surface area contributed by atoms with Gasteiger partial charge >= 0.3 is 5.69 Å². The van der Waals surface area contributed by atoms with Crippen LogP contribution in [0.1, 0.15) is 33.0 Å². The molecule has 0 bridgehead atoms.